The number of carbonyl (C=O) groups is 1. The first-order valence-electron chi connectivity index (χ1n) is 9.18. The number of piperazine rings is 1. The lowest BCUT2D eigenvalue weighted by molar-refractivity contribution is 0.0698. The number of aryl methyl sites for hydroxylation is 2. The predicted molar refractivity (Wildman–Crippen MR) is 110 cm³/mol. The van der Waals surface area contributed by atoms with Gasteiger partial charge in [-0.1, -0.05) is 0 Å². The molecule has 4 rings (SSSR count). The fourth-order valence-corrected chi connectivity index (χ4v) is 6.36. The monoisotopic (exact) mass is 431 g/mol. The summed E-state index contributed by atoms with van der Waals surface area (Å²) >= 11 is 1.48. The Balaban J connectivity index is 1.43. The van der Waals surface area contributed by atoms with Crippen molar-refractivity contribution in [3.8, 4) is 5.69 Å². The van der Waals surface area contributed by atoms with Crippen LogP contribution in [0, 0.1) is 13.8 Å². The van der Waals surface area contributed by atoms with Crippen LogP contribution in [0.1, 0.15) is 20.1 Å². The highest BCUT2D eigenvalue weighted by molar-refractivity contribution is 7.89. The first kappa shape index (κ1) is 19.7. The number of thiophene rings is 1. The summed E-state index contributed by atoms with van der Waals surface area (Å²) in [6, 6.07) is 8.85. The SMILES string of the molecule is Cc1cc(S(=O)(=O)N2CCN(C(=O)c3ccc(-n4cncn4)cc3)CC2)c(C)s1. The molecule has 0 saturated carbocycles. The standard InChI is InChI=1S/C19H21N5O3S2/c1-14-11-18(15(2)28-14)29(26,27)23-9-7-22(8-10-23)19(25)16-3-5-17(6-4-16)24-13-20-12-21-24/h3-6,11-13H,7-10H2,1-2H3. The number of amides is 1. The second-order valence-electron chi connectivity index (χ2n) is 6.86. The molecule has 29 heavy (non-hydrogen) atoms. The summed E-state index contributed by atoms with van der Waals surface area (Å²) in [5.74, 6) is -0.102. The Hall–Kier alpha value is -2.56. The molecule has 1 saturated heterocycles. The smallest absolute Gasteiger partial charge is 0.253 e. The molecule has 0 aliphatic carbocycles. The average molecular weight is 432 g/mol. The van der Waals surface area contributed by atoms with Crippen LogP contribution in [0.2, 0.25) is 0 Å². The minimum absolute atomic E-state index is 0.102. The van der Waals surface area contributed by atoms with Crippen LogP contribution in [0.15, 0.2) is 47.9 Å². The molecule has 0 radical (unpaired) electrons. The first-order chi connectivity index (χ1) is 13.9. The maximum absolute atomic E-state index is 12.9. The van der Waals surface area contributed by atoms with Gasteiger partial charge in [0, 0.05) is 41.5 Å². The molecule has 0 bridgehead atoms. The number of carbonyl (C=O) groups excluding carboxylic acids is 1. The van der Waals surface area contributed by atoms with E-state index in [0.29, 0.717) is 36.6 Å². The molecule has 3 heterocycles. The van der Waals surface area contributed by atoms with Crippen LogP contribution < -0.4 is 0 Å². The second-order valence-corrected chi connectivity index (χ2v) is 10.2. The lowest BCUT2D eigenvalue weighted by Gasteiger charge is -2.34. The third kappa shape index (κ3) is 3.83. The van der Waals surface area contributed by atoms with Gasteiger partial charge in [-0.2, -0.15) is 9.40 Å². The van der Waals surface area contributed by atoms with Gasteiger partial charge in [0.1, 0.15) is 12.7 Å². The molecular weight excluding hydrogens is 410 g/mol. The van der Waals surface area contributed by atoms with E-state index in [1.807, 2.05) is 26.0 Å². The van der Waals surface area contributed by atoms with Gasteiger partial charge in [0.2, 0.25) is 10.0 Å². The predicted octanol–water partition coefficient (Wildman–Crippen LogP) is 2.09. The minimum atomic E-state index is -3.53. The van der Waals surface area contributed by atoms with Gasteiger partial charge in [-0.05, 0) is 44.2 Å². The summed E-state index contributed by atoms with van der Waals surface area (Å²) in [7, 11) is -3.53. The van der Waals surface area contributed by atoms with Crippen molar-refractivity contribution in [2.24, 2.45) is 0 Å². The lowest BCUT2D eigenvalue weighted by atomic mass is 10.1. The summed E-state index contributed by atoms with van der Waals surface area (Å²) in [6.07, 6.45) is 3.04. The van der Waals surface area contributed by atoms with E-state index in [9.17, 15) is 13.2 Å². The molecule has 1 aliphatic heterocycles. The molecule has 1 fully saturated rings. The Morgan fingerprint density at radius 1 is 1.07 bits per heavy atom. The van der Waals surface area contributed by atoms with Crippen LogP contribution in [0.4, 0.5) is 0 Å². The van der Waals surface area contributed by atoms with Gasteiger partial charge in [0.15, 0.2) is 0 Å². The first-order valence-corrected chi connectivity index (χ1v) is 11.4. The van der Waals surface area contributed by atoms with E-state index >= 15 is 0 Å². The van der Waals surface area contributed by atoms with Crippen LogP contribution >= 0.6 is 11.3 Å². The maximum Gasteiger partial charge on any atom is 0.253 e. The van der Waals surface area contributed by atoms with Crippen LogP contribution in [0.5, 0.6) is 0 Å². The van der Waals surface area contributed by atoms with E-state index in [2.05, 4.69) is 10.1 Å². The molecule has 10 heteroatoms. The molecule has 1 aromatic carbocycles. The van der Waals surface area contributed by atoms with Crippen LogP contribution in [0.3, 0.4) is 0 Å². The van der Waals surface area contributed by atoms with Crippen molar-refractivity contribution in [1.29, 1.82) is 0 Å². The highest BCUT2D eigenvalue weighted by Crippen LogP contribution is 2.28. The zero-order valence-electron chi connectivity index (χ0n) is 16.1. The van der Waals surface area contributed by atoms with E-state index < -0.39 is 10.0 Å². The van der Waals surface area contributed by atoms with Gasteiger partial charge in [-0.3, -0.25) is 4.79 Å². The molecule has 0 N–H and O–H groups in total. The summed E-state index contributed by atoms with van der Waals surface area (Å²) in [6.45, 7) is 5.05. The highest BCUT2D eigenvalue weighted by atomic mass is 32.2. The van der Waals surface area contributed by atoms with Crippen LogP contribution in [-0.4, -0.2) is 64.5 Å². The number of hydrogen-bond acceptors (Lipinski definition) is 6. The molecule has 0 spiro atoms. The number of aromatic nitrogens is 3. The quantitative estimate of drug-likeness (QED) is 0.631. The van der Waals surface area contributed by atoms with E-state index in [1.165, 1.54) is 22.0 Å². The average Bonchev–Trinajstić information content (AvgIpc) is 3.37. The van der Waals surface area contributed by atoms with Crippen molar-refractivity contribution in [2.75, 3.05) is 26.2 Å². The van der Waals surface area contributed by atoms with Gasteiger partial charge >= 0.3 is 0 Å². The molecule has 0 unspecified atom stereocenters. The number of nitrogens with zero attached hydrogens (tertiary/aromatic N) is 5. The molecule has 8 nitrogen and oxygen atoms in total. The number of hydrogen-bond donors (Lipinski definition) is 0. The van der Waals surface area contributed by atoms with Crippen molar-refractivity contribution in [3.05, 3.63) is 58.3 Å². The Morgan fingerprint density at radius 2 is 1.76 bits per heavy atom. The van der Waals surface area contributed by atoms with Gasteiger partial charge in [-0.25, -0.2) is 18.1 Å². The normalized spacial score (nSPS) is 15.6. The van der Waals surface area contributed by atoms with Gasteiger partial charge in [0.25, 0.3) is 5.91 Å². The number of sulfonamides is 1. The van der Waals surface area contributed by atoms with Crippen molar-refractivity contribution >= 4 is 27.3 Å². The third-order valence-corrected chi connectivity index (χ3v) is 8.06. The zero-order valence-corrected chi connectivity index (χ0v) is 17.8. The molecule has 152 valence electrons. The Bertz CT molecular complexity index is 1110. The van der Waals surface area contributed by atoms with E-state index in [4.69, 9.17) is 0 Å². The summed E-state index contributed by atoms with van der Waals surface area (Å²) < 4.78 is 29.0. The molecule has 3 aromatic rings. The lowest BCUT2D eigenvalue weighted by Crippen LogP contribution is -2.50. The van der Waals surface area contributed by atoms with Crippen LogP contribution in [0.25, 0.3) is 5.69 Å². The van der Waals surface area contributed by atoms with E-state index in [-0.39, 0.29) is 5.91 Å². The molecule has 0 atom stereocenters. The molecule has 2 aromatic heterocycles. The Labute approximate surface area is 173 Å². The Kier molecular flexibility index (Phi) is 5.24. The summed E-state index contributed by atoms with van der Waals surface area (Å²) in [4.78, 5) is 20.6. The molecular formula is C19H21N5O3S2. The highest BCUT2D eigenvalue weighted by Gasteiger charge is 2.32. The van der Waals surface area contributed by atoms with Gasteiger partial charge < -0.3 is 4.90 Å². The van der Waals surface area contributed by atoms with Gasteiger partial charge in [0.05, 0.1) is 10.6 Å². The molecule has 1 amide bonds. The van der Waals surface area contributed by atoms with Crippen molar-refractivity contribution in [3.63, 3.8) is 0 Å². The minimum Gasteiger partial charge on any atom is -0.336 e. The van der Waals surface area contributed by atoms with Crippen molar-refractivity contribution in [2.45, 2.75) is 18.7 Å². The zero-order chi connectivity index (χ0) is 20.6. The van der Waals surface area contributed by atoms with Gasteiger partial charge in [-0.15, -0.1) is 11.3 Å². The number of rotatable bonds is 4. The fraction of sp³-hybridized carbons (Fsp3) is 0.316. The largest absolute Gasteiger partial charge is 0.336 e. The van der Waals surface area contributed by atoms with Crippen molar-refractivity contribution < 1.29 is 13.2 Å². The molecule has 1 aliphatic rings. The summed E-state index contributed by atoms with van der Waals surface area (Å²) in [5, 5.41) is 4.06. The fourth-order valence-electron chi connectivity index (χ4n) is 3.42. The van der Waals surface area contributed by atoms with Crippen molar-refractivity contribution in [1.82, 2.24) is 24.0 Å². The van der Waals surface area contributed by atoms with Crippen LogP contribution in [-0.2, 0) is 10.0 Å². The van der Waals surface area contributed by atoms with E-state index in [0.717, 1.165) is 15.4 Å². The maximum atomic E-state index is 12.9. The third-order valence-electron chi connectivity index (χ3n) is 4.94. The second kappa shape index (κ2) is 7.69. The summed E-state index contributed by atoms with van der Waals surface area (Å²) in [5.41, 5.74) is 1.38. The topological polar surface area (TPSA) is 88.4 Å². The number of benzene rings is 1. The Morgan fingerprint density at radius 3 is 2.31 bits per heavy atom. The van der Waals surface area contributed by atoms with E-state index in [1.54, 1.807) is 34.1 Å².